The molecular weight excluding hydrogens is 300 g/mol. The Labute approximate surface area is 120 Å². The molecule has 0 fully saturated rings. The van der Waals surface area contributed by atoms with E-state index in [0.29, 0.717) is 12.2 Å². The average Bonchev–Trinajstić information content (AvgIpc) is 2.91. The summed E-state index contributed by atoms with van der Waals surface area (Å²) in [5.74, 6) is 0. The van der Waals surface area contributed by atoms with Gasteiger partial charge in [0.1, 0.15) is 12.0 Å². The van der Waals surface area contributed by atoms with Gasteiger partial charge in [-0.05, 0) is 19.1 Å². The molecule has 0 bridgehead atoms. The second kappa shape index (κ2) is 5.79. The number of aromatic nitrogens is 1. The van der Waals surface area contributed by atoms with Crippen LogP contribution in [0.25, 0.3) is 0 Å². The molecule has 2 aromatic rings. The Hall–Kier alpha value is -2.62. The Morgan fingerprint density at radius 3 is 2.71 bits per heavy atom. The highest BCUT2D eigenvalue weighted by Gasteiger charge is 2.26. The second-order valence-corrected chi connectivity index (χ2v) is 5.64. The van der Waals surface area contributed by atoms with Gasteiger partial charge in [-0.15, -0.1) is 0 Å². The number of nitrogens with zero attached hydrogens (tertiary/aromatic N) is 2. The number of nitro groups is 1. The molecule has 0 saturated heterocycles. The Bertz CT molecular complexity index is 742. The average molecular weight is 312 g/mol. The van der Waals surface area contributed by atoms with Crippen LogP contribution >= 0.6 is 0 Å². The molecule has 0 aliphatic carbocycles. The highest BCUT2D eigenvalue weighted by Crippen LogP contribution is 2.28. The molecule has 0 radical (unpaired) electrons. The van der Waals surface area contributed by atoms with Gasteiger partial charge in [0.05, 0.1) is 11.1 Å². The molecule has 0 unspecified atom stereocenters. The van der Waals surface area contributed by atoms with E-state index < -0.39 is 25.5 Å². The van der Waals surface area contributed by atoms with Crippen molar-refractivity contribution in [1.29, 1.82) is 0 Å². The van der Waals surface area contributed by atoms with Crippen molar-refractivity contribution >= 4 is 27.1 Å². The van der Waals surface area contributed by atoms with E-state index in [1.54, 1.807) is 0 Å². The van der Waals surface area contributed by atoms with E-state index in [4.69, 9.17) is 0 Å². The Morgan fingerprint density at radius 1 is 1.38 bits per heavy atom. The fourth-order valence-corrected chi connectivity index (χ4v) is 2.88. The lowest BCUT2D eigenvalue weighted by atomic mass is 10.3. The maximum absolute atomic E-state index is 12.3. The summed E-state index contributed by atoms with van der Waals surface area (Å²) in [6.07, 6.45) is 2.23. The van der Waals surface area contributed by atoms with Crippen LogP contribution in [0.4, 0.5) is 17.1 Å². The van der Waals surface area contributed by atoms with Crippen molar-refractivity contribution in [2.45, 2.75) is 11.8 Å². The lowest BCUT2D eigenvalue weighted by Gasteiger charge is -2.09. The number of nitro benzene ring substituents is 1. The van der Waals surface area contributed by atoms with Crippen LogP contribution in [0.15, 0.2) is 40.1 Å². The zero-order valence-electron chi connectivity index (χ0n) is 10.9. The Kier molecular flexibility index (Phi) is 4.08. The largest absolute Gasteiger partial charge is 0.385 e. The first-order chi connectivity index (χ1) is 9.94. The normalized spacial score (nSPS) is 11.1. The SMILES string of the molecule is CCNc1ccc([N+](=O)[O-])c(S(=O)(=O)Nc2cnoc2)c1. The molecule has 2 rings (SSSR count). The summed E-state index contributed by atoms with van der Waals surface area (Å²) in [5, 5.41) is 17.3. The van der Waals surface area contributed by atoms with E-state index in [-0.39, 0.29) is 5.69 Å². The minimum Gasteiger partial charge on any atom is -0.385 e. The van der Waals surface area contributed by atoms with E-state index in [9.17, 15) is 18.5 Å². The standard InChI is InChI=1S/C11H12N4O5S/c1-2-12-8-3-4-10(15(16)17)11(5-8)21(18,19)14-9-6-13-20-7-9/h3-7,12,14H,2H2,1H3. The molecular formula is C11H12N4O5S. The van der Waals surface area contributed by atoms with E-state index in [1.165, 1.54) is 12.1 Å². The summed E-state index contributed by atoms with van der Waals surface area (Å²) in [7, 11) is -4.13. The quantitative estimate of drug-likeness (QED) is 0.615. The van der Waals surface area contributed by atoms with Crippen molar-refractivity contribution in [3.05, 3.63) is 40.8 Å². The first-order valence-electron chi connectivity index (χ1n) is 5.88. The lowest BCUT2D eigenvalue weighted by molar-refractivity contribution is -0.387. The van der Waals surface area contributed by atoms with Crippen LogP contribution in [0.1, 0.15) is 6.92 Å². The van der Waals surface area contributed by atoms with Crippen molar-refractivity contribution in [3.63, 3.8) is 0 Å². The first-order valence-corrected chi connectivity index (χ1v) is 7.37. The summed E-state index contributed by atoms with van der Waals surface area (Å²) < 4.78 is 31.2. The summed E-state index contributed by atoms with van der Waals surface area (Å²) in [5.41, 5.74) is 0.0348. The molecule has 9 nitrogen and oxygen atoms in total. The van der Waals surface area contributed by atoms with Gasteiger partial charge in [0.2, 0.25) is 0 Å². The number of hydrogen-bond acceptors (Lipinski definition) is 7. The van der Waals surface area contributed by atoms with Crippen LogP contribution in [0, 0.1) is 10.1 Å². The van der Waals surface area contributed by atoms with Crippen molar-refractivity contribution in [2.24, 2.45) is 0 Å². The maximum atomic E-state index is 12.3. The van der Waals surface area contributed by atoms with E-state index in [1.807, 2.05) is 6.92 Å². The molecule has 10 heteroatoms. The summed E-state index contributed by atoms with van der Waals surface area (Å²) in [6, 6.07) is 3.79. The Morgan fingerprint density at radius 2 is 2.14 bits per heavy atom. The third-order valence-electron chi connectivity index (χ3n) is 2.51. The molecule has 0 spiro atoms. The van der Waals surface area contributed by atoms with Gasteiger partial charge in [-0.3, -0.25) is 14.8 Å². The molecule has 0 amide bonds. The van der Waals surface area contributed by atoms with E-state index >= 15 is 0 Å². The van der Waals surface area contributed by atoms with Gasteiger partial charge in [0.25, 0.3) is 15.7 Å². The minimum absolute atomic E-state index is 0.0816. The number of rotatable bonds is 6. The van der Waals surface area contributed by atoms with Crippen molar-refractivity contribution in [3.8, 4) is 0 Å². The van der Waals surface area contributed by atoms with Crippen LogP contribution < -0.4 is 10.0 Å². The Balaban J connectivity index is 2.48. The van der Waals surface area contributed by atoms with Gasteiger partial charge in [-0.2, -0.15) is 0 Å². The number of sulfonamides is 1. The monoisotopic (exact) mass is 312 g/mol. The molecule has 0 atom stereocenters. The number of anilines is 2. The van der Waals surface area contributed by atoms with Crippen LogP contribution in [-0.4, -0.2) is 25.0 Å². The highest BCUT2D eigenvalue weighted by molar-refractivity contribution is 7.92. The topological polar surface area (TPSA) is 127 Å². The van der Waals surface area contributed by atoms with Gasteiger partial charge in [0.15, 0.2) is 4.90 Å². The molecule has 0 saturated carbocycles. The molecule has 1 aromatic heterocycles. The maximum Gasteiger partial charge on any atom is 0.290 e. The molecule has 1 heterocycles. The fourth-order valence-electron chi connectivity index (χ4n) is 1.66. The zero-order valence-corrected chi connectivity index (χ0v) is 11.8. The molecule has 2 N–H and O–H groups in total. The molecule has 0 aliphatic heterocycles. The summed E-state index contributed by atoms with van der Waals surface area (Å²) in [6.45, 7) is 2.38. The van der Waals surface area contributed by atoms with E-state index in [0.717, 1.165) is 18.5 Å². The highest BCUT2D eigenvalue weighted by atomic mass is 32.2. The predicted molar refractivity (Wildman–Crippen MR) is 74.6 cm³/mol. The van der Waals surface area contributed by atoms with Crippen molar-refractivity contribution in [1.82, 2.24) is 5.16 Å². The van der Waals surface area contributed by atoms with Crippen molar-refractivity contribution in [2.75, 3.05) is 16.6 Å². The smallest absolute Gasteiger partial charge is 0.290 e. The minimum atomic E-state index is -4.13. The zero-order chi connectivity index (χ0) is 15.5. The fraction of sp³-hybridized carbons (Fsp3) is 0.182. The molecule has 21 heavy (non-hydrogen) atoms. The molecule has 0 aliphatic rings. The van der Waals surface area contributed by atoms with Gasteiger partial charge >= 0.3 is 0 Å². The third kappa shape index (κ3) is 3.28. The van der Waals surface area contributed by atoms with Gasteiger partial charge in [-0.25, -0.2) is 8.42 Å². The van der Waals surface area contributed by atoms with Gasteiger partial charge in [-0.1, -0.05) is 5.16 Å². The van der Waals surface area contributed by atoms with Crippen LogP contribution in [0.3, 0.4) is 0 Å². The lowest BCUT2D eigenvalue weighted by Crippen LogP contribution is -2.15. The number of hydrogen-bond donors (Lipinski definition) is 2. The van der Waals surface area contributed by atoms with Gasteiger partial charge in [0, 0.05) is 18.3 Å². The van der Waals surface area contributed by atoms with E-state index in [2.05, 4.69) is 19.7 Å². The van der Waals surface area contributed by atoms with Crippen LogP contribution in [0.2, 0.25) is 0 Å². The van der Waals surface area contributed by atoms with Gasteiger partial charge < -0.3 is 9.84 Å². The predicted octanol–water partition coefficient (Wildman–Crippen LogP) is 1.82. The third-order valence-corrected chi connectivity index (χ3v) is 3.92. The molecule has 112 valence electrons. The first kappa shape index (κ1) is 14.8. The van der Waals surface area contributed by atoms with Crippen molar-refractivity contribution < 1.29 is 17.9 Å². The number of nitrogens with one attached hydrogen (secondary N) is 2. The van der Waals surface area contributed by atoms with Crippen LogP contribution in [-0.2, 0) is 10.0 Å². The summed E-state index contributed by atoms with van der Waals surface area (Å²) >= 11 is 0. The summed E-state index contributed by atoms with van der Waals surface area (Å²) in [4.78, 5) is 9.81. The number of benzene rings is 1. The molecule has 1 aromatic carbocycles. The second-order valence-electron chi connectivity index (χ2n) is 3.99. The van der Waals surface area contributed by atoms with Crippen LogP contribution in [0.5, 0.6) is 0 Å².